The largest absolute Gasteiger partial charge is 0.323 e. The number of carbonyl (C=O) groups excluding carboxylic acids is 1. The van der Waals surface area contributed by atoms with Gasteiger partial charge in [0.15, 0.2) is 0 Å². The molecule has 0 saturated heterocycles. The van der Waals surface area contributed by atoms with Gasteiger partial charge in [0.1, 0.15) is 0 Å². The summed E-state index contributed by atoms with van der Waals surface area (Å²) < 4.78 is 0. The number of rotatable bonds is 2. The molecule has 0 fully saturated rings. The lowest BCUT2D eigenvalue weighted by atomic mass is 10.1. The van der Waals surface area contributed by atoms with Crippen molar-refractivity contribution in [3.63, 3.8) is 0 Å². The maximum absolute atomic E-state index is 12.1. The van der Waals surface area contributed by atoms with Crippen LogP contribution in [-0.4, -0.2) is 6.03 Å². The van der Waals surface area contributed by atoms with Crippen LogP contribution in [0.5, 0.6) is 0 Å². The third-order valence-electron chi connectivity index (χ3n) is 3.54. The van der Waals surface area contributed by atoms with E-state index in [9.17, 15) is 4.79 Å². The Morgan fingerprint density at radius 3 is 2.05 bits per heavy atom. The maximum Gasteiger partial charge on any atom is 0.323 e. The van der Waals surface area contributed by atoms with E-state index in [-0.39, 0.29) is 6.03 Å². The Kier molecular flexibility index (Phi) is 4.53. The zero-order chi connectivity index (χ0) is 15.6. The minimum absolute atomic E-state index is 0.272. The molecule has 0 heterocycles. The molecule has 0 unspecified atom stereocenters. The average Bonchev–Trinajstić information content (AvgIpc) is 2.40. The highest BCUT2D eigenvalue weighted by molar-refractivity contribution is 6.31. The van der Waals surface area contributed by atoms with Crippen LogP contribution in [0.4, 0.5) is 16.2 Å². The molecule has 21 heavy (non-hydrogen) atoms. The summed E-state index contributed by atoms with van der Waals surface area (Å²) in [7, 11) is 0. The van der Waals surface area contributed by atoms with Gasteiger partial charge in [0.05, 0.1) is 0 Å². The van der Waals surface area contributed by atoms with Gasteiger partial charge < -0.3 is 10.6 Å². The van der Waals surface area contributed by atoms with E-state index >= 15 is 0 Å². The average molecular weight is 303 g/mol. The summed E-state index contributed by atoms with van der Waals surface area (Å²) in [5.74, 6) is 0. The van der Waals surface area contributed by atoms with E-state index in [4.69, 9.17) is 11.6 Å². The van der Waals surface area contributed by atoms with Crippen LogP contribution < -0.4 is 10.6 Å². The molecule has 3 nitrogen and oxygen atoms in total. The molecule has 0 radical (unpaired) electrons. The summed E-state index contributed by atoms with van der Waals surface area (Å²) in [6.45, 7) is 7.99. The predicted molar refractivity (Wildman–Crippen MR) is 89.5 cm³/mol. The molecule has 2 N–H and O–H groups in total. The second-order valence-electron chi connectivity index (χ2n) is 5.29. The molecule has 0 bridgehead atoms. The van der Waals surface area contributed by atoms with Crippen molar-refractivity contribution >= 4 is 29.0 Å². The van der Waals surface area contributed by atoms with E-state index in [1.54, 1.807) is 12.1 Å². The summed E-state index contributed by atoms with van der Waals surface area (Å²) in [6, 6.07) is 9.19. The molecule has 2 aromatic rings. The molecule has 2 aromatic carbocycles. The van der Waals surface area contributed by atoms with Gasteiger partial charge in [-0.1, -0.05) is 23.7 Å². The van der Waals surface area contributed by atoms with Crippen molar-refractivity contribution in [3.05, 3.63) is 57.6 Å². The van der Waals surface area contributed by atoms with Crippen LogP contribution >= 0.6 is 11.6 Å². The van der Waals surface area contributed by atoms with Crippen molar-refractivity contribution in [2.24, 2.45) is 0 Å². The van der Waals surface area contributed by atoms with Gasteiger partial charge in [0.2, 0.25) is 0 Å². The number of hydrogen-bond donors (Lipinski definition) is 2. The smallest absolute Gasteiger partial charge is 0.307 e. The highest BCUT2D eigenvalue weighted by Gasteiger charge is 2.08. The van der Waals surface area contributed by atoms with Gasteiger partial charge in [-0.15, -0.1) is 0 Å². The normalized spacial score (nSPS) is 10.3. The molecule has 0 aromatic heterocycles. The van der Waals surface area contributed by atoms with Gasteiger partial charge in [-0.2, -0.15) is 0 Å². The predicted octanol–water partition coefficient (Wildman–Crippen LogP) is 5.22. The molecule has 0 atom stereocenters. The molecule has 0 aliphatic heterocycles. The molecular weight excluding hydrogens is 284 g/mol. The first-order chi connectivity index (χ1) is 9.86. The number of hydrogen-bond acceptors (Lipinski definition) is 1. The van der Waals surface area contributed by atoms with Gasteiger partial charge >= 0.3 is 6.03 Å². The van der Waals surface area contributed by atoms with Crippen molar-refractivity contribution in [2.75, 3.05) is 10.6 Å². The third-order valence-corrected chi connectivity index (χ3v) is 3.77. The second kappa shape index (κ2) is 6.19. The molecule has 2 amide bonds. The molecule has 0 spiro atoms. The highest BCUT2D eigenvalue weighted by atomic mass is 35.5. The van der Waals surface area contributed by atoms with Crippen LogP contribution in [0.2, 0.25) is 5.02 Å². The third kappa shape index (κ3) is 3.76. The fourth-order valence-electron chi connectivity index (χ4n) is 2.10. The molecule has 0 saturated carbocycles. The Hall–Kier alpha value is -2.00. The van der Waals surface area contributed by atoms with Crippen molar-refractivity contribution in [1.29, 1.82) is 0 Å². The number of anilines is 2. The van der Waals surface area contributed by atoms with Crippen molar-refractivity contribution in [3.8, 4) is 0 Å². The van der Waals surface area contributed by atoms with E-state index in [0.717, 1.165) is 22.4 Å². The summed E-state index contributed by atoms with van der Waals surface area (Å²) >= 11 is 5.95. The van der Waals surface area contributed by atoms with E-state index in [2.05, 4.69) is 23.6 Å². The molecular formula is C17H19ClN2O. The van der Waals surface area contributed by atoms with Gasteiger partial charge in [-0.25, -0.2) is 4.79 Å². The quantitative estimate of drug-likeness (QED) is 0.784. The van der Waals surface area contributed by atoms with Crippen molar-refractivity contribution in [1.82, 2.24) is 0 Å². The lowest BCUT2D eigenvalue weighted by Crippen LogP contribution is -2.20. The standard InChI is InChI=1S/C17H19ClN2O/c1-10-5-6-14(18)9-16(10)20-17(21)19-15-8-12(3)11(2)7-13(15)4/h5-9H,1-4H3,(H2,19,20,21). The van der Waals surface area contributed by atoms with Crippen LogP contribution in [-0.2, 0) is 0 Å². The fraction of sp³-hybridized carbons (Fsp3) is 0.235. The summed E-state index contributed by atoms with van der Waals surface area (Å²) in [5.41, 5.74) is 5.89. The zero-order valence-electron chi connectivity index (χ0n) is 12.7. The summed E-state index contributed by atoms with van der Waals surface area (Å²) in [5, 5.41) is 6.30. The number of aryl methyl sites for hydroxylation is 4. The van der Waals surface area contributed by atoms with E-state index in [0.29, 0.717) is 10.7 Å². The number of nitrogens with one attached hydrogen (secondary N) is 2. The lowest BCUT2D eigenvalue weighted by Gasteiger charge is -2.13. The first-order valence-corrected chi connectivity index (χ1v) is 7.16. The monoisotopic (exact) mass is 302 g/mol. The topological polar surface area (TPSA) is 41.1 Å². The number of urea groups is 1. The maximum atomic E-state index is 12.1. The van der Waals surface area contributed by atoms with E-state index in [1.165, 1.54) is 5.56 Å². The minimum Gasteiger partial charge on any atom is -0.307 e. The Morgan fingerprint density at radius 1 is 0.810 bits per heavy atom. The van der Waals surface area contributed by atoms with Gasteiger partial charge in [0, 0.05) is 16.4 Å². The molecule has 2 rings (SSSR count). The number of carbonyl (C=O) groups is 1. The lowest BCUT2D eigenvalue weighted by molar-refractivity contribution is 0.262. The Morgan fingerprint density at radius 2 is 1.38 bits per heavy atom. The Balaban J connectivity index is 2.15. The Labute approximate surface area is 130 Å². The second-order valence-corrected chi connectivity index (χ2v) is 5.73. The summed E-state index contributed by atoms with van der Waals surface area (Å²) in [4.78, 5) is 12.1. The summed E-state index contributed by atoms with van der Waals surface area (Å²) in [6.07, 6.45) is 0. The minimum atomic E-state index is -0.272. The fourth-order valence-corrected chi connectivity index (χ4v) is 2.27. The van der Waals surface area contributed by atoms with Crippen LogP contribution in [0, 0.1) is 27.7 Å². The number of amides is 2. The van der Waals surface area contributed by atoms with Crippen LogP contribution in [0.15, 0.2) is 30.3 Å². The zero-order valence-corrected chi connectivity index (χ0v) is 13.4. The molecule has 110 valence electrons. The Bertz CT molecular complexity index is 695. The van der Waals surface area contributed by atoms with Crippen molar-refractivity contribution in [2.45, 2.75) is 27.7 Å². The van der Waals surface area contributed by atoms with Crippen molar-refractivity contribution < 1.29 is 4.79 Å². The van der Waals surface area contributed by atoms with Gasteiger partial charge in [-0.3, -0.25) is 0 Å². The van der Waals surface area contributed by atoms with E-state index < -0.39 is 0 Å². The molecule has 0 aliphatic rings. The van der Waals surface area contributed by atoms with Crippen LogP contribution in [0.1, 0.15) is 22.3 Å². The number of benzene rings is 2. The van der Waals surface area contributed by atoms with Crippen LogP contribution in [0.3, 0.4) is 0 Å². The molecule has 4 heteroatoms. The molecule has 0 aliphatic carbocycles. The number of halogens is 1. The highest BCUT2D eigenvalue weighted by Crippen LogP contribution is 2.22. The first-order valence-electron chi connectivity index (χ1n) is 6.79. The van der Waals surface area contributed by atoms with Gasteiger partial charge in [0.25, 0.3) is 0 Å². The van der Waals surface area contributed by atoms with Gasteiger partial charge in [-0.05, 0) is 68.1 Å². The first kappa shape index (κ1) is 15.4. The van der Waals surface area contributed by atoms with E-state index in [1.807, 2.05) is 32.9 Å². The SMILES string of the molecule is Cc1cc(C)c(NC(=O)Nc2cc(Cl)ccc2C)cc1C. The van der Waals surface area contributed by atoms with Crippen LogP contribution in [0.25, 0.3) is 0 Å².